The molecule has 8 heteroatoms. The summed E-state index contributed by atoms with van der Waals surface area (Å²) in [5.74, 6) is 2.09. The first kappa shape index (κ1) is 21.9. The lowest BCUT2D eigenvalue weighted by Gasteiger charge is -2.35. The molecule has 0 saturated heterocycles. The number of benzene rings is 3. The van der Waals surface area contributed by atoms with Gasteiger partial charge in [-0.05, 0) is 31.5 Å². The predicted octanol–water partition coefficient (Wildman–Crippen LogP) is 5.52. The Balaban J connectivity index is 1.48. The highest BCUT2D eigenvalue weighted by Gasteiger charge is 2.37. The lowest BCUT2D eigenvalue weighted by Crippen LogP contribution is -2.46. The van der Waals surface area contributed by atoms with Crippen LogP contribution in [0.1, 0.15) is 30.0 Å². The third kappa shape index (κ3) is 3.86. The Morgan fingerprint density at radius 3 is 2.44 bits per heavy atom. The quantitative estimate of drug-likeness (QED) is 0.414. The van der Waals surface area contributed by atoms with Crippen molar-refractivity contribution in [2.45, 2.75) is 19.9 Å². The van der Waals surface area contributed by atoms with Crippen LogP contribution in [0.2, 0.25) is 0 Å². The first-order valence-corrected chi connectivity index (χ1v) is 11.8. The molecule has 1 N–H and O–H groups in total. The molecule has 0 radical (unpaired) electrons. The number of aromatic nitrogens is 2. The van der Waals surface area contributed by atoms with Crippen molar-refractivity contribution < 1.29 is 18.8 Å². The molecule has 2 aliphatic rings. The average molecular weight is 481 g/mol. The maximum absolute atomic E-state index is 13.5. The maximum atomic E-state index is 13.5. The van der Waals surface area contributed by atoms with E-state index in [4.69, 9.17) is 19.0 Å². The van der Waals surface area contributed by atoms with Crippen molar-refractivity contribution >= 4 is 17.3 Å². The maximum Gasteiger partial charge on any atom is 0.327 e. The fourth-order valence-electron chi connectivity index (χ4n) is 4.55. The monoisotopic (exact) mass is 480 g/mol. The molecule has 6 rings (SSSR count). The van der Waals surface area contributed by atoms with E-state index in [1.807, 2.05) is 86.6 Å². The molecule has 1 aromatic heterocycles. The summed E-state index contributed by atoms with van der Waals surface area (Å²) in [7, 11) is 0. The summed E-state index contributed by atoms with van der Waals surface area (Å²) >= 11 is 0. The number of fused-ring (bicyclic) bond motifs is 1. The van der Waals surface area contributed by atoms with Gasteiger partial charge in [-0.25, -0.2) is 4.79 Å². The van der Waals surface area contributed by atoms with Gasteiger partial charge in [0.2, 0.25) is 5.82 Å². The Bertz CT molecular complexity index is 1460. The van der Waals surface area contributed by atoms with E-state index >= 15 is 0 Å². The summed E-state index contributed by atoms with van der Waals surface area (Å²) in [6.07, 6.45) is 0. The molecule has 8 nitrogen and oxygen atoms in total. The minimum atomic E-state index is -0.462. The standard InChI is InChI=1S/C28H24N4O4/c1-17-8-10-19(11-9-17)25-24(27-30-26(31-36-27)20-6-4-3-5-7-20)18(2)32(28(33)29-25)21-12-13-22-23(16-21)35-15-14-34-22/h3-13,16,25H,14-15H2,1-2H3,(H,29,33). The van der Waals surface area contributed by atoms with Crippen LogP contribution in [0.5, 0.6) is 11.5 Å². The number of hydrogen-bond donors (Lipinski definition) is 1. The van der Waals surface area contributed by atoms with Gasteiger partial charge in [0, 0.05) is 17.3 Å². The van der Waals surface area contributed by atoms with E-state index in [0.717, 1.165) is 22.3 Å². The van der Waals surface area contributed by atoms with Crippen molar-refractivity contribution in [1.29, 1.82) is 0 Å². The van der Waals surface area contributed by atoms with E-state index in [9.17, 15) is 4.79 Å². The van der Waals surface area contributed by atoms with E-state index in [0.29, 0.717) is 47.8 Å². The van der Waals surface area contributed by atoms with Crippen LogP contribution in [0.3, 0.4) is 0 Å². The average Bonchev–Trinajstić information content (AvgIpc) is 3.39. The van der Waals surface area contributed by atoms with E-state index in [1.165, 1.54) is 0 Å². The van der Waals surface area contributed by atoms with E-state index in [1.54, 1.807) is 4.90 Å². The largest absolute Gasteiger partial charge is 0.486 e. The van der Waals surface area contributed by atoms with Crippen molar-refractivity contribution in [3.05, 3.63) is 95.5 Å². The topological polar surface area (TPSA) is 89.7 Å². The Labute approximate surface area is 208 Å². The highest BCUT2D eigenvalue weighted by Crippen LogP contribution is 2.41. The highest BCUT2D eigenvalue weighted by molar-refractivity contribution is 6.01. The highest BCUT2D eigenvalue weighted by atomic mass is 16.6. The number of hydrogen-bond acceptors (Lipinski definition) is 6. The fourth-order valence-corrected chi connectivity index (χ4v) is 4.55. The Kier molecular flexibility index (Phi) is 5.41. The number of urea groups is 1. The minimum Gasteiger partial charge on any atom is -0.486 e. The van der Waals surface area contributed by atoms with Crippen LogP contribution < -0.4 is 19.7 Å². The van der Waals surface area contributed by atoms with Crippen molar-refractivity contribution in [2.75, 3.05) is 18.1 Å². The second-order valence-corrected chi connectivity index (χ2v) is 8.74. The third-order valence-electron chi connectivity index (χ3n) is 6.37. The lowest BCUT2D eigenvalue weighted by atomic mass is 9.94. The minimum absolute atomic E-state index is 0.263. The number of amides is 2. The van der Waals surface area contributed by atoms with E-state index < -0.39 is 6.04 Å². The number of aryl methyl sites for hydroxylation is 1. The van der Waals surface area contributed by atoms with Gasteiger partial charge in [-0.3, -0.25) is 4.90 Å². The first-order valence-electron chi connectivity index (χ1n) is 11.8. The first-order chi connectivity index (χ1) is 17.6. The second-order valence-electron chi connectivity index (χ2n) is 8.74. The Morgan fingerprint density at radius 1 is 0.917 bits per heavy atom. The zero-order valence-corrected chi connectivity index (χ0v) is 19.9. The number of rotatable bonds is 4. The Hall–Kier alpha value is -4.59. The summed E-state index contributed by atoms with van der Waals surface area (Å²) in [6.45, 7) is 4.87. The number of nitrogens with zero attached hydrogens (tertiary/aromatic N) is 3. The van der Waals surface area contributed by atoms with Crippen molar-refractivity contribution in [3.8, 4) is 22.9 Å². The molecule has 1 unspecified atom stereocenters. The van der Waals surface area contributed by atoms with Crippen LogP contribution in [0, 0.1) is 6.92 Å². The zero-order chi connectivity index (χ0) is 24.6. The number of ether oxygens (including phenoxy) is 2. The summed E-state index contributed by atoms with van der Waals surface area (Å²) in [5, 5.41) is 7.36. The number of nitrogens with one attached hydrogen (secondary N) is 1. The number of carbonyl (C=O) groups is 1. The summed E-state index contributed by atoms with van der Waals surface area (Å²) < 4.78 is 17.2. The van der Waals surface area contributed by atoms with Gasteiger partial charge in [0.15, 0.2) is 11.5 Å². The fraction of sp³-hybridized carbons (Fsp3) is 0.179. The molecule has 0 spiro atoms. The van der Waals surface area contributed by atoms with Crippen molar-refractivity contribution in [1.82, 2.24) is 15.5 Å². The van der Waals surface area contributed by atoms with Gasteiger partial charge < -0.3 is 19.3 Å². The predicted molar refractivity (Wildman–Crippen MR) is 135 cm³/mol. The SMILES string of the molecule is CC1=C(c2nc(-c3ccccc3)no2)C(c2ccc(C)cc2)NC(=O)N1c1ccc2c(c1)OCCO2. The van der Waals surface area contributed by atoms with Gasteiger partial charge in [-0.2, -0.15) is 4.98 Å². The molecule has 4 aromatic rings. The van der Waals surface area contributed by atoms with Gasteiger partial charge in [-0.1, -0.05) is 65.3 Å². The third-order valence-corrected chi connectivity index (χ3v) is 6.37. The molecule has 0 fully saturated rings. The normalized spacial score (nSPS) is 17.2. The zero-order valence-electron chi connectivity index (χ0n) is 19.9. The molecule has 180 valence electrons. The smallest absolute Gasteiger partial charge is 0.327 e. The number of anilines is 1. The lowest BCUT2D eigenvalue weighted by molar-refractivity contribution is 0.171. The van der Waals surface area contributed by atoms with Crippen LogP contribution in [0.4, 0.5) is 10.5 Å². The summed E-state index contributed by atoms with van der Waals surface area (Å²) in [5.41, 5.74) is 4.96. The molecule has 0 saturated carbocycles. The molecule has 0 bridgehead atoms. The Morgan fingerprint density at radius 2 is 1.67 bits per heavy atom. The van der Waals surface area contributed by atoms with Crippen molar-refractivity contribution in [3.63, 3.8) is 0 Å². The molecule has 2 amide bonds. The van der Waals surface area contributed by atoms with Gasteiger partial charge in [0.1, 0.15) is 13.2 Å². The van der Waals surface area contributed by atoms with Gasteiger partial charge in [0.25, 0.3) is 5.89 Å². The molecule has 0 aliphatic carbocycles. The molecule has 1 atom stereocenters. The molecular formula is C28H24N4O4. The van der Waals surface area contributed by atoms with Crippen LogP contribution in [0.25, 0.3) is 17.0 Å². The molecular weight excluding hydrogens is 456 g/mol. The van der Waals surface area contributed by atoms with E-state index in [-0.39, 0.29) is 6.03 Å². The molecule has 3 heterocycles. The number of carbonyl (C=O) groups excluding carboxylic acids is 1. The molecule has 2 aliphatic heterocycles. The summed E-state index contributed by atoms with van der Waals surface area (Å²) in [4.78, 5) is 19.8. The van der Waals surface area contributed by atoms with Gasteiger partial charge >= 0.3 is 6.03 Å². The van der Waals surface area contributed by atoms with Gasteiger partial charge in [-0.15, -0.1) is 0 Å². The summed E-state index contributed by atoms with van der Waals surface area (Å²) in [6, 6.07) is 22.4. The second kappa shape index (κ2) is 8.88. The number of allylic oxidation sites excluding steroid dienone is 1. The van der Waals surface area contributed by atoms with Crippen LogP contribution in [-0.2, 0) is 0 Å². The van der Waals surface area contributed by atoms with Crippen LogP contribution >= 0.6 is 0 Å². The van der Waals surface area contributed by atoms with Crippen LogP contribution in [0.15, 0.2) is 83.0 Å². The molecule has 36 heavy (non-hydrogen) atoms. The van der Waals surface area contributed by atoms with Gasteiger partial charge in [0.05, 0.1) is 17.3 Å². The van der Waals surface area contributed by atoms with Crippen LogP contribution in [-0.4, -0.2) is 29.4 Å². The van der Waals surface area contributed by atoms with Crippen molar-refractivity contribution in [2.24, 2.45) is 0 Å². The van der Waals surface area contributed by atoms with E-state index in [2.05, 4.69) is 10.5 Å². The molecule has 3 aromatic carbocycles.